The van der Waals surface area contributed by atoms with Crippen molar-refractivity contribution in [3.05, 3.63) is 48.9 Å². The van der Waals surface area contributed by atoms with Gasteiger partial charge in [0.15, 0.2) is 5.82 Å². The van der Waals surface area contributed by atoms with Gasteiger partial charge < -0.3 is 10.3 Å². The van der Waals surface area contributed by atoms with E-state index < -0.39 is 10.0 Å². The van der Waals surface area contributed by atoms with Crippen molar-refractivity contribution in [2.75, 3.05) is 42.3 Å². The highest BCUT2D eigenvalue weighted by Gasteiger charge is 2.26. The minimum absolute atomic E-state index is 0.102. The third kappa shape index (κ3) is 4.48. The van der Waals surface area contributed by atoms with Gasteiger partial charge in [-0.2, -0.15) is 4.31 Å². The van der Waals surface area contributed by atoms with E-state index in [0.29, 0.717) is 49.2 Å². The fourth-order valence-corrected chi connectivity index (χ4v) is 4.53. The van der Waals surface area contributed by atoms with Crippen molar-refractivity contribution in [1.29, 1.82) is 0 Å². The van der Waals surface area contributed by atoms with E-state index in [-0.39, 0.29) is 5.75 Å². The van der Waals surface area contributed by atoms with E-state index in [4.69, 9.17) is 10.8 Å². The third-order valence-electron chi connectivity index (χ3n) is 5.20. The summed E-state index contributed by atoms with van der Waals surface area (Å²) < 4.78 is 25.7. The number of nitrogen functional groups attached to an aromatic ring is 1. The van der Waals surface area contributed by atoms with Crippen molar-refractivity contribution in [1.82, 2.24) is 24.2 Å². The Labute approximate surface area is 181 Å². The molecule has 1 aromatic carbocycles. The normalized spacial score (nSPS) is 15.1. The van der Waals surface area contributed by atoms with Gasteiger partial charge in [-0.1, -0.05) is 30.3 Å². The zero-order valence-corrected chi connectivity index (χ0v) is 18.0. The van der Waals surface area contributed by atoms with Gasteiger partial charge in [-0.25, -0.2) is 34.2 Å². The van der Waals surface area contributed by atoms with E-state index in [9.17, 15) is 8.42 Å². The molecule has 0 radical (unpaired) electrons. The zero-order chi connectivity index (χ0) is 21.8. The lowest BCUT2D eigenvalue weighted by molar-refractivity contribution is 0.384. The third-order valence-corrected chi connectivity index (χ3v) is 7.08. The van der Waals surface area contributed by atoms with Crippen LogP contribution in [0.15, 0.2) is 48.9 Å². The standard InChI is InChI=1S/C20H24N8O2S/c1-2-31(29,30)28-10-8-27(9-11-28)18-13-22-20(26-21)19(25-18)17-12-16(23-14-24-17)15-6-4-3-5-7-15/h3-7,12-14H,2,8-11,21H2,1H3,(H,22,26). The molecule has 31 heavy (non-hydrogen) atoms. The van der Waals surface area contributed by atoms with Gasteiger partial charge in [-0.3, -0.25) is 0 Å². The van der Waals surface area contributed by atoms with Gasteiger partial charge in [-0.15, -0.1) is 0 Å². The van der Waals surface area contributed by atoms with Crippen molar-refractivity contribution in [2.24, 2.45) is 5.84 Å². The Balaban J connectivity index is 1.62. The summed E-state index contributed by atoms with van der Waals surface area (Å²) in [4.78, 5) is 19.9. The average Bonchev–Trinajstić information content (AvgIpc) is 2.84. The molecule has 3 aromatic rings. The number of piperazine rings is 1. The molecule has 0 amide bonds. The molecule has 3 heterocycles. The number of sulfonamides is 1. The van der Waals surface area contributed by atoms with Crippen LogP contribution in [0.4, 0.5) is 11.6 Å². The van der Waals surface area contributed by atoms with Crippen LogP contribution in [0.25, 0.3) is 22.6 Å². The second-order valence-corrected chi connectivity index (χ2v) is 9.27. The first-order chi connectivity index (χ1) is 15.0. The molecule has 0 saturated carbocycles. The summed E-state index contributed by atoms with van der Waals surface area (Å²) in [5.41, 5.74) is 5.39. The highest BCUT2D eigenvalue weighted by molar-refractivity contribution is 7.89. The summed E-state index contributed by atoms with van der Waals surface area (Å²) in [6.07, 6.45) is 3.11. The number of rotatable bonds is 6. The maximum Gasteiger partial charge on any atom is 0.213 e. The molecule has 0 bridgehead atoms. The van der Waals surface area contributed by atoms with Gasteiger partial charge in [0, 0.05) is 31.7 Å². The predicted octanol–water partition coefficient (Wildman–Crippen LogP) is 1.36. The minimum Gasteiger partial charge on any atom is -0.353 e. The van der Waals surface area contributed by atoms with E-state index in [1.54, 1.807) is 13.1 Å². The second kappa shape index (κ2) is 8.92. The molecule has 0 spiro atoms. The Morgan fingerprint density at radius 1 is 1.03 bits per heavy atom. The number of hydrogen-bond donors (Lipinski definition) is 2. The number of hydrogen-bond acceptors (Lipinski definition) is 9. The van der Waals surface area contributed by atoms with Crippen LogP contribution in [0.5, 0.6) is 0 Å². The molecule has 0 atom stereocenters. The fraction of sp³-hybridized carbons (Fsp3) is 0.300. The fourth-order valence-electron chi connectivity index (χ4n) is 3.45. The summed E-state index contributed by atoms with van der Waals surface area (Å²) in [6, 6.07) is 11.6. The van der Waals surface area contributed by atoms with Crippen molar-refractivity contribution in [2.45, 2.75) is 6.92 Å². The van der Waals surface area contributed by atoms with Crippen molar-refractivity contribution < 1.29 is 8.42 Å². The van der Waals surface area contributed by atoms with Crippen LogP contribution in [-0.4, -0.2) is 64.6 Å². The molecule has 0 aliphatic carbocycles. The molecule has 1 saturated heterocycles. The Morgan fingerprint density at radius 2 is 1.74 bits per heavy atom. The smallest absolute Gasteiger partial charge is 0.213 e. The summed E-state index contributed by atoms with van der Waals surface area (Å²) in [6.45, 7) is 3.54. The predicted molar refractivity (Wildman–Crippen MR) is 120 cm³/mol. The number of hydrazine groups is 1. The summed E-state index contributed by atoms with van der Waals surface area (Å²) >= 11 is 0. The van der Waals surface area contributed by atoms with Gasteiger partial charge in [-0.05, 0) is 13.0 Å². The van der Waals surface area contributed by atoms with Crippen LogP contribution < -0.4 is 16.2 Å². The largest absolute Gasteiger partial charge is 0.353 e. The van der Waals surface area contributed by atoms with Gasteiger partial charge in [0.2, 0.25) is 10.0 Å². The van der Waals surface area contributed by atoms with Crippen LogP contribution in [0.2, 0.25) is 0 Å². The van der Waals surface area contributed by atoms with Gasteiger partial charge >= 0.3 is 0 Å². The number of nitrogens with one attached hydrogen (secondary N) is 1. The monoisotopic (exact) mass is 440 g/mol. The maximum absolute atomic E-state index is 12.1. The second-order valence-electron chi connectivity index (χ2n) is 7.01. The molecule has 10 nitrogen and oxygen atoms in total. The maximum atomic E-state index is 12.1. The Kier molecular flexibility index (Phi) is 6.07. The van der Waals surface area contributed by atoms with Crippen LogP contribution in [0.3, 0.4) is 0 Å². The van der Waals surface area contributed by atoms with E-state index in [0.717, 1.165) is 11.3 Å². The first kappa shape index (κ1) is 21.1. The number of anilines is 2. The topological polar surface area (TPSA) is 130 Å². The summed E-state index contributed by atoms with van der Waals surface area (Å²) in [7, 11) is -3.19. The molecular formula is C20H24N8O2S. The number of benzene rings is 1. The molecular weight excluding hydrogens is 416 g/mol. The van der Waals surface area contributed by atoms with Gasteiger partial charge in [0.25, 0.3) is 0 Å². The minimum atomic E-state index is -3.19. The van der Waals surface area contributed by atoms with E-state index in [1.807, 2.05) is 41.3 Å². The van der Waals surface area contributed by atoms with E-state index in [1.165, 1.54) is 10.6 Å². The summed E-state index contributed by atoms with van der Waals surface area (Å²) in [5.74, 6) is 6.80. The molecule has 1 aliphatic heterocycles. The lowest BCUT2D eigenvalue weighted by atomic mass is 10.1. The van der Waals surface area contributed by atoms with E-state index in [2.05, 4.69) is 20.4 Å². The van der Waals surface area contributed by atoms with Gasteiger partial charge in [0.05, 0.1) is 23.3 Å². The van der Waals surface area contributed by atoms with E-state index >= 15 is 0 Å². The van der Waals surface area contributed by atoms with Crippen LogP contribution in [0.1, 0.15) is 6.92 Å². The van der Waals surface area contributed by atoms with Crippen molar-refractivity contribution in [3.63, 3.8) is 0 Å². The Bertz CT molecular complexity index is 1150. The molecule has 1 fully saturated rings. The number of aromatic nitrogens is 4. The molecule has 4 rings (SSSR count). The van der Waals surface area contributed by atoms with Gasteiger partial charge in [0.1, 0.15) is 17.8 Å². The highest BCUT2D eigenvalue weighted by atomic mass is 32.2. The quantitative estimate of drug-likeness (QED) is 0.431. The van der Waals surface area contributed by atoms with Crippen molar-refractivity contribution >= 4 is 21.7 Å². The highest BCUT2D eigenvalue weighted by Crippen LogP contribution is 2.27. The summed E-state index contributed by atoms with van der Waals surface area (Å²) in [5, 5.41) is 0. The zero-order valence-electron chi connectivity index (χ0n) is 17.1. The first-order valence-corrected chi connectivity index (χ1v) is 11.6. The lowest BCUT2D eigenvalue weighted by Crippen LogP contribution is -2.49. The SMILES string of the molecule is CCS(=O)(=O)N1CCN(c2cnc(NN)c(-c3cc(-c4ccccc4)ncn3)n2)CC1. The van der Waals surface area contributed by atoms with Crippen LogP contribution >= 0.6 is 0 Å². The first-order valence-electron chi connectivity index (χ1n) is 9.96. The number of nitrogens with zero attached hydrogens (tertiary/aromatic N) is 6. The number of nitrogens with two attached hydrogens (primary N) is 1. The van der Waals surface area contributed by atoms with Crippen LogP contribution in [0, 0.1) is 0 Å². The van der Waals surface area contributed by atoms with Crippen molar-refractivity contribution in [3.8, 4) is 22.6 Å². The molecule has 3 N–H and O–H groups in total. The lowest BCUT2D eigenvalue weighted by Gasteiger charge is -2.34. The Morgan fingerprint density at radius 3 is 2.42 bits per heavy atom. The molecule has 162 valence electrons. The van der Waals surface area contributed by atoms with Crippen LogP contribution in [-0.2, 0) is 10.0 Å². The average molecular weight is 441 g/mol. The Hall–Kier alpha value is -3.15. The molecule has 2 aromatic heterocycles. The molecule has 0 unspecified atom stereocenters. The molecule has 11 heteroatoms. The molecule has 1 aliphatic rings.